The monoisotopic (exact) mass is 269 g/mol. The van der Waals surface area contributed by atoms with Crippen molar-refractivity contribution >= 4 is 17.4 Å². The fourth-order valence-electron chi connectivity index (χ4n) is 2.24. The standard InChI is InChI=1S/C12H19N3O2S/c1-8(11-13-5-6-18-11)15-12(17)14-7-9-3-2-4-10(9)16/h5-6,8-10,16H,2-4,7H2,1H3,(H2,14,15,17)/t8-,9-,10+/m0/s1. The summed E-state index contributed by atoms with van der Waals surface area (Å²) in [4.78, 5) is 15.8. The highest BCUT2D eigenvalue weighted by atomic mass is 32.1. The number of nitrogens with one attached hydrogen (secondary N) is 2. The van der Waals surface area contributed by atoms with Crippen molar-refractivity contribution in [3.63, 3.8) is 0 Å². The van der Waals surface area contributed by atoms with Crippen molar-refractivity contribution < 1.29 is 9.90 Å². The number of hydrogen-bond donors (Lipinski definition) is 3. The highest BCUT2D eigenvalue weighted by Crippen LogP contribution is 2.24. The number of thiazole rings is 1. The number of aliphatic hydroxyl groups excluding tert-OH is 1. The van der Waals surface area contributed by atoms with Crippen molar-refractivity contribution in [2.24, 2.45) is 5.92 Å². The van der Waals surface area contributed by atoms with Crippen LogP contribution in [0, 0.1) is 5.92 Å². The third kappa shape index (κ3) is 3.43. The summed E-state index contributed by atoms with van der Waals surface area (Å²) >= 11 is 1.52. The predicted octanol–water partition coefficient (Wildman–Crippen LogP) is 1.66. The number of nitrogens with zero attached hydrogens (tertiary/aromatic N) is 1. The number of carbonyl (C=O) groups excluding carboxylic acids is 1. The van der Waals surface area contributed by atoms with E-state index in [9.17, 15) is 9.90 Å². The summed E-state index contributed by atoms with van der Waals surface area (Å²) in [7, 11) is 0. The van der Waals surface area contributed by atoms with E-state index in [1.54, 1.807) is 6.20 Å². The Kier molecular flexibility index (Phi) is 4.54. The van der Waals surface area contributed by atoms with Crippen molar-refractivity contribution in [1.29, 1.82) is 0 Å². The van der Waals surface area contributed by atoms with Gasteiger partial charge < -0.3 is 15.7 Å². The lowest BCUT2D eigenvalue weighted by molar-refractivity contribution is 0.132. The van der Waals surface area contributed by atoms with Crippen LogP contribution in [-0.2, 0) is 0 Å². The topological polar surface area (TPSA) is 74.2 Å². The molecule has 3 atom stereocenters. The molecule has 1 fully saturated rings. The van der Waals surface area contributed by atoms with E-state index in [4.69, 9.17) is 0 Å². The van der Waals surface area contributed by atoms with Gasteiger partial charge in [0.15, 0.2) is 0 Å². The second-order valence-corrected chi connectivity index (χ2v) is 5.63. The largest absolute Gasteiger partial charge is 0.393 e. The fourth-order valence-corrected chi connectivity index (χ4v) is 2.88. The van der Waals surface area contributed by atoms with Crippen LogP contribution >= 0.6 is 11.3 Å². The van der Waals surface area contributed by atoms with E-state index in [2.05, 4.69) is 15.6 Å². The van der Waals surface area contributed by atoms with Gasteiger partial charge in [-0.2, -0.15) is 0 Å². The van der Waals surface area contributed by atoms with Crippen molar-refractivity contribution in [1.82, 2.24) is 15.6 Å². The van der Waals surface area contributed by atoms with E-state index in [1.165, 1.54) is 11.3 Å². The van der Waals surface area contributed by atoms with E-state index in [1.807, 2.05) is 12.3 Å². The molecule has 2 rings (SSSR count). The van der Waals surface area contributed by atoms with Crippen LogP contribution in [0.15, 0.2) is 11.6 Å². The van der Waals surface area contributed by atoms with Crippen LogP contribution in [0.3, 0.4) is 0 Å². The summed E-state index contributed by atoms with van der Waals surface area (Å²) in [5, 5.41) is 18.1. The maximum Gasteiger partial charge on any atom is 0.315 e. The van der Waals surface area contributed by atoms with E-state index < -0.39 is 0 Å². The Labute approximate surface area is 111 Å². The van der Waals surface area contributed by atoms with Crippen LogP contribution in [0.5, 0.6) is 0 Å². The zero-order valence-corrected chi connectivity index (χ0v) is 11.2. The van der Waals surface area contributed by atoms with Crippen LogP contribution < -0.4 is 10.6 Å². The van der Waals surface area contributed by atoms with E-state index in [0.29, 0.717) is 6.54 Å². The molecule has 5 nitrogen and oxygen atoms in total. The number of urea groups is 1. The molecular formula is C12H19N3O2S. The molecule has 0 aliphatic heterocycles. The Morgan fingerprint density at radius 1 is 1.67 bits per heavy atom. The molecule has 18 heavy (non-hydrogen) atoms. The Morgan fingerprint density at radius 2 is 2.50 bits per heavy atom. The first-order chi connectivity index (χ1) is 8.66. The smallest absolute Gasteiger partial charge is 0.315 e. The van der Waals surface area contributed by atoms with Gasteiger partial charge in [0.25, 0.3) is 0 Å². The molecule has 1 aromatic rings. The minimum absolute atomic E-state index is 0.0847. The van der Waals surface area contributed by atoms with Crippen LogP contribution in [0.2, 0.25) is 0 Å². The summed E-state index contributed by atoms with van der Waals surface area (Å²) < 4.78 is 0. The van der Waals surface area contributed by atoms with Gasteiger partial charge in [-0.25, -0.2) is 9.78 Å². The quantitative estimate of drug-likeness (QED) is 0.778. The zero-order valence-electron chi connectivity index (χ0n) is 10.4. The number of aliphatic hydroxyl groups is 1. The second kappa shape index (κ2) is 6.15. The summed E-state index contributed by atoms with van der Waals surface area (Å²) in [6, 6.07) is -0.282. The van der Waals surface area contributed by atoms with E-state index >= 15 is 0 Å². The SMILES string of the molecule is C[C@H](NC(=O)NC[C@@H]1CCC[C@H]1O)c1nccs1. The van der Waals surface area contributed by atoms with Gasteiger partial charge in [0.05, 0.1) is 12.1 Å². The fraction of sp³-hybridized carbons (Fsp3) is 0.667. The maximum atomic E-state index is 11.7. The van der Waals surface area contributed by atoms with Gasteiger partial charge in [-0.15, -0.1) is 11.3 Å². The number of carbonyl (C=O) groups is 1. The highest BCUT2D eigenvalue weighted by Gasteiger charge is 2.25. The predicted molar refractivity (Wildman–Crippen MR) is 70.4 cm³/mol. The number of aromatic nitrogens is 1. The molecule has 1 heterocycles. The van der Waals surface area contributed by atoms with Crippen molar-refractivity contribution in [2.75, 3.05) is 6.54 Å². The molecule has 1 saturated carbocycles. The summed E-state index contributed by atoms with van der Waals surface area (Å²) in [5.74, 6) is 0.200. The maximum absolute atomic E-state index is 11.7. The van der Waals surface area contributed by atoms with Crippen molar-refractivity contribution in [3.05, 3.63) is 16.6 Å². The molecule has 0 bridgehead atoms. The highest BCUT2D eigenvalue weighted by molar-refractivity contribution is 7.09. The molecule has 0 saturated heterocycles. The molecule has 0 radical (unpaired) electrons. The summed E-state index contributed by atoms with van der Waals surface area (Å²) in [5.41, 5.74) is 0. The van der Waals surface area contributed by atoms with E-state index in [0.717, 1.165) is 24.3 Å². The van der Waals surface area contributed by atoms with Gasteiger partial charge in [0.1, 0.15) is 5.01 Å². The van der Waals surface area contributed by atoms with Crippen LogP contribution in [-0.4, -0.2) is 28.8 Å². The number of hydrogen-bond acceptors (Lipinski definition) is 4. The summed E-state index contributed by atoms with van der Waals surface area (Å²) in [6.45, 7) is 2.44. The molecule has 6 heteroatoms. The first kappa shape index (κ1) is 13.3. The van der Waals surface area contributed by atoms with Gasteiger partial charge in [-0.05, 0) is 19.8 Å². The molecule has 1 aliphatic carbocycles. The Hall–Kier alpha value is -1.14. The Bertz CT molecular complexity index is 383. The van der Waals surface area contributed by atoms with Crippen LogP contribution in [0.1, 0.15) is 37.2 Å². The van der Waals surface area contributed by atoms with Gasteiger partial charge in [0.2, 0.25) is 0 Å². The molecule has 1 aromatic heterocycles. The third-order valence-electron chi connectivity index (χ3n) is 3.31. The zero-order chi connectivity index (χ0) is 13.0. The van der Waals surface area contributed by atoms with Gasteiger partial charge in [-0.3, -0.25) is 0 Å². The molecule has 0 unspecified atom stereocenters. The average Bonchev–Trinajstić information content (AvgIpc) is 2.97. The minimum atomic E-state index is -0.262. The number of amides is 2. The average molecular weight is 269 g/mol. The van der Waals surface area contributed by atoms with Crippen LogP contribution in [0.4, 0.5) is 4.79 Å². The molecule has 2 amide bonds. The normalized spacial score (nSPS) is 24.8. The number of rotatable bonds is 4. The Morgan fingerprint density at radius 3 is 3.11 bits per heavy atom. The lowest BCUT2D eigenvalue weighted by Gasteiger charge is -2.17. The lowest BCUT2D eigenvalue weighted by atomic mass is 10.1. The Balaban J connectivity index is 1.72. The van der Waals surface area contributed by atoms with Gasteiger partial charge >= 0.3 is 6.03 Å². The minimum Gasteiger partial charge on any atom is -0.393 e. The van der Waals surface area contributed by atoms with Crippen LogP contribution in [0.25, 0.3) is 0 Å². The first-order valence-electron chi connectivity index (χ1n) is 6.28. The summed E-state index contributed by atoms with van der Waals surface area (Å²) in [6.07, 6.45) is 4.35. The van der Waals surface area contributed by atoms with Crippen molar-refractivity contribution in [2.45, 2.75) is 38.3 Å². The van der Waals surface area contributed by atoms with Gasteiger partial charge in [-0.1, -0.05) is 6.42 Å². The molecule has 100 valence electrons. The lowest BCUT2D eigenvalue weighted by Crippen LogP contribution is -2.40. The van der Waals surface area contributed by atoms with Gasteiger partial charge in [0, 0.05) is 24.0 Å². The third-order valence-corrected chi connectivity index (χ3v) is 4.27. The second-order valence-electron chi connectivity index (χ2n) is 4.70. The molecule has 0 aromatic carbocycles. The van der Waals surface area contributed by atoms with Crippen molar-refractivity contribution in [3.8, 4) is 0 Å². The molecule has 3 N–H and O–H groups in total. The molecule has 1 aliphatic rings. The van der Waals surface area contributed by atoms with E-state index in [-0.39, 0.29) is 24.1 Å². The first-order valence-corrected chi connectivity index (χ1v) is 7.16. The molecular weight excluding hydrogens is 250 g/mol. The molecule has 0 spiro atoms.